The highest BCUT2D eigenvalue weighted by Crippen LogP contribution is 2.41. The third-order valence-electron chi connectivity index (χ3n) is 9.55. The van der Waals surface area contributed by atoms with Crippen molar-refractivity contribution in [3.8, 4) is 0 Å². The highest BCUT2D eigenvalue weighted by Gasteiger charge is 2.44. The first-order valence-electron chi connectivity index (χ1n) is 15.2. The van der Waals surface area contributed by atoms with Crippen LogP contribution in [0.15, 0.2) is 0 Å². The van der Waals surface area contributed by atoms with E-state index in [0.29, 0.717) is 24.2 Å². The second-order valence-electron chi connectivity index (χ2n) is 12.9. The van der Waals surface area contributed by atoms with Crippen LogP contribution in [0.5, 0.6) is 0 Å². The molecule has 1 saturated carbocycles. The van der Waals surface area contributed by atoms with Crippen LogP contribution < -0.4 is 10.6 Å². The molecule has 38 heavy (non-hydrogen) atoms. The zero-order valence-electron chi connectivity index (χ0n) is 24.4. The van der Waals surface area contributed by atoms with Crippen LogP contribution in [0.4, 0.5) is 10.6 Å². The van der Waals surface area contributed by atoms with Gasteiger partial charge in [-0.25, -0.2) is 4.79 Å². The average molecular weight is 530 g/mol. The molecular weight excluding hydrogens is 478 g/mol. The van der Waals surface area contributed by atoms with Crippen molar-refractivity contribution >= 4 is 17.8 Å². The van der Waals surface area contributed by atoms with Crippen LogP contribution in [0.25, 0.3) is 0 Å². The summed E-state index contributed by atoms with van der Waals surface area (Å²) >= 11 is 0. The number of fused-ring (bicyclic) bond motifs is 1. The molecule has 214 valence electrons. The molecule has 0 spiro atoms. The van der Waals surface area contributed by atoms with Crippen LogP contribution in [0.2, 0.25) is 0 Å². The molecule has 3 heterocycles. The maximum absolute atomic E-state index is 13.5. The van der Waals surface area contributed by atoms with Crippen molar-refractivity contribution in [2.24, 2.45) is 23.7 Å². The molecule has 1 aliphatic carbocycles. The fourth-order valence-corrected chi connectivity index (χ4v) is 6.65. The molecule has 1 aromatic rings. The number of hydrogen-bond acceptors (Lipinski definition) is 4. The van der Waals surface area contributed by atoms with Crippen LogP contribution in [-0.4, -0.2) is 46.3 Å². The number of carbonyl (C=O) groups is 2. The van der Waals surface area contributed by atoms with Gasteiger partial charge in [-0.1, -0.05) is 52.4 Å². The summed E-state index contributed by atoms with van der Waals surface area (Å²) in [6, 6.07) is 0.0170. The number of anilines is 1. The molecule has 4 rings (SSSR count). The van der Waals surface area contributed by atoms with Crippen molar-refractivity contribution in [1.82, 2.24) is 20.4 Å². The summed E-state index contributed by atoms with van der Waals surface area (Å²) in [4.78, 5) is 28.7. The Morgan fingerprint density at radius 3 is 2.37 bits per heavy atom. The van der Waals surface area contributed by atoms with E-state index in [4.69, 9.17) is 4.74 Å². The summed E-state index contributed by atoms with van der Waals surface area (Å²) in [5.41, 5.74) is 1.29. The standard InChI is InChI=1S/C30H51N5O3/c1-20-9-6-7-12-24(14-13-21(2)11-8-10-20)28(36)32-27-25-19-35(30(4,5)26(25)33-34-27)29(37)31-22(3)23-15-17-38-18-16-23/h20-24H,6-19H2,1-5H3,(H,31,37)(H2,32,33,34,36). The number of aromatic nitrogens is 2. The van der Waals surface area contributed by atoms with Gasteiger partial charge in [-0.15, -0.1) is 0 Å². The molecule has 3 amide bonds. The fraction of sp³-hybridized carbons (Fsp3) is 0.833. The molecule has 3 N–H and O–H groups in total. The Hall–Kier alpha value is -2.09. The van der Waals surface area contributed by atoms with Crippen molar-refractivity contribution in [3.63, 3.8) is 0 Å². The van der Waals surface area contributed by atoms with Crippen LogP contribution >= 0.6 is 0 Å². The van der Waals surface area contributed by atoms with Gasteiger partial charge in [0, 0.05) is 30.7 Å². The number of hydrogen-bond donors (Lipinski definition) is 3. The zero-order chi connectivity index (χ0) is 27.3. The van der Waals surface area contributed by atoms with E-state index in [2.05, 4.69) is 41.6 Å². The predicted octanol–water partition coefficient (Wildman–Crippen LogP) is 6.34. The SMILES string of the molecule is CC1CCCCC(C(=O)Nc2n[nH]c3c2CN(C(=O)NC(C)C2CCOCC2)C3(C)C)CCC(C)CCC1. The van der Waals surface area contributed by atoms with E-state index in [1.54, 1.807) is 0 Å². The van der Waals surface area contributed by atoms with Crippen molar-refractivity contribution in [1.29, 1.82) is 0 Å². The number of aromatic amines is 1. The number of urea groups is 1. The molecule has 2 aliphatic heterocycles. The lowest BCUT2D eigenvalue weighted by Crippen LogP contribution is -2.50. The van der Waals surface area contributed by atoms with Crippen LogP contribution in [0, 0.1) is 23.7 Å². The van der Waals surface area contributed by atoms with E-state index in [-0.39, 0.29) is 23.9 Å². The summed E-state index contributed by atoms with van der Waals surface area (Å²) in [7, 11) is 0. The molecule has 8 nitrogen and oxygen atoms in total. The topological polar surface area (TPSA) is 99.4 Å². The van der Waals surface area contributed by atoms with E-state index in [9.17, 15) is 9.59 Å². The largest absolute Gasteiger partial charge is 0.381 e. The Morgan fingerprint density at radius 1 is 0.974 bits per heavy atom. The minimum atomic E-state index is -0.538. The predicted molar refractivity (Wildman–Crippen MR) is 151 cm³/mol. The number of carbonyl (C=O) groups excluding carboxylic acids is 2. The third-order valence-corrected chi connectivity index (χ3v) is 9.55. The Labute approximate surface area is 229 Å². The molecule has 2 fully saturated rings. The molecule has 4 atom stereocenters. The van der Waals surface area contributed by atoms with Gasteiger partial charge in [0.05, 0.1) is 17.8 Å². The van der Waals surface area contributed by atoms with Crippen LogP contribution in [0.3, 0.4) is 0 Å². The number of rotatable bonds is 4. The summed E-state index contributed by atoms with van der Waals surface area (Å²) in [6.07, 6.45) is 12.3. The smallest absolute Gasteiger partial charge is 0.318 e. The van der Waals surface area contributed by atoms with Gasteiger partial charge in [0.1, 0.15) is 0 Å². The number of ether oxygens (including phenoxy) is 1. The Balaban J connectivity index is 1.39. The zero-order valence-corrected chi connectivity index (χ0v) is 24.4. The third kappa shape index (κ3) is 6.91. The van der Waals surface area contributed by atoms with E-state index in [1.807, 2.05) is 18.7 Å². The normalized spacial score (nSPS) is 28.0. The van der Waals surface area contributed by atoms with Gasteiger partial charge >= 0.3 is 6.03 Å². The van der Waals surface area contributed by atoms with Gasteiger partial charge in [-0.2, -0.15) is 5.10 Å². The first-order valence-corrected chi connectivity index (χ1v) is 15.2. The van der Waals surface area contributed by atoms with Crippen molar-refractivity contribution < 1.29 is 14.3 Å². The minimum Gasteiger partial charge on any atom is -0.381 e. The monoisotopic (exact) mass is 529 g/mol. The van der Waals surface area contributed by atoms with Crippen molar-refractivity contribution in [2.45, 2.75) is 123 Å². The van der Waals surface area contributed by atoms with Gasteiger partial charge in [-0.3, -0.25) is 9.89 Å². The van der Waals surface area contributed by atoms with E-state index < -0.39 is 5.54 Å². The minimum absolute atomic E-state index is 0.00803. The van der Waals surface area contributed by atoms with Gasteiger partial charge in [0.15, 0.2) is 5.82 Å². The van der Waals surface area contributed by atoms with E-state index in [1.165, 1.54) is 32.1 Å². The molecule has 0 aromatic carbocycles. The average Bonchev–Trinajstić information content (AvgIpc) is 3.40. The molecule has 0 bridgehead atoms. The lowest BCUT2D eigenvalue weighted by molar-refractivity contribution is -0.120. The lowest BCUT2D eigenvalue weighted by atomic mass is 9.86. The van der Waals surface area contributed by atoms with Crippen LogP contribution in [-0.2, 0) is 21.6 Å². The number of nitrogens with zero attached hydrogens (tertiary/aromatic N) is 2. The Morgan fingerprint density at radius 2 is 1.63 bits per heavy atom. The molecule has 1 saturated heterocycles. The lowest BCUT2D eigenvalue weighted by Gasteiger charge is -2.35. The number of nitrogens with one attached hydrogen (secondary N) is 3. The summed E-state index contributed by atoms with van der Waals surface area (Å²) in [5, 5.41) is 14.0. The molecule has 4 unspecified atom stereocenters. The highest BCUT2D eigenvalue weighted by molar-refractivity contribution is 5.92. The molecular formula is C30H51N5O3. The highest BCUT2D eigenvalue weighted by atomic mass is 16.5. The first-order chi connectivity index (χ1) is 18.2. The van der Waals surface area contributed by atoms with Crippen molar-refractivity contribution in [2.75, 3.05) is 18.5 Å². The molecule has 0 radical (unpaired) electrons. The Bertz CT molecular complexity index is 938. The summed E-state index contributed by atoms with van der Waals surface area (Å²) in [5.74, 6) is 2.54. The van der Waals surface area contributed by atoms with Gasteiger partial charge in [0.25, 0.3) is 0 Å². The summed E-state index contributed by atoms with van der Waals surface area (Å²) < 4.78 is 5.48. The number of amides is 3. The van der Waals surface area contributed by atoms with Gasteiger partial charge in [0.2, 0.25) is 5.91 Å². The maximum atomic E-state index is 13.5. The second kappa shape index (κ2) is 12.8. The van der Waals surface area contributed by atoms with Crippen LogP contribution in [0.1, 0.15) is 117 Å². The molecule has 3 aliphatic rings. The second-order valence-corrected chi connectivity index (χ2v) is 12.9. The molecule has 1 aromatic heterocycles. The van der Waals surface area contributed by atoms with Gasteiger partial charge < -0.3 is 20.3 Å². The first kappa shape index (κ1) is 28.9. The molecule has 8 heteroatoms. The maximum Gasteiger partial charge on any atom is 0.318 e. The van der Waals surface area contributed by atoms with E-state index in [0.717, 1.165) is 68.9 Å². The van der Waals surface area contributed by atoms with Gasteiger partial charge in [-0.05, 0) is 70.6 Å². The number of H-pyrrole nitrogens is 1. The quantitative estimate of drug-likeness (QED) is 0.424. The van der Waals surface area contributed by atoms with Crippen molar-refractivity contribution in [3.05, 3.63) is 11.3 Å². The fourth-order valence-electron chi connectivity index (χ4n) is 6.65. The Kier molecular flexibility index (Phi) is 9.77. The summed E-state index contributed by atoms with van der Waals surface area (Å²) in [6.45, 7) is 12.8. The van der Waals surface area contributed by atoms with E-state index >= 15 is 0 Å².